The van der Waals surface area contributed by atoms with Crippen LogP contribution in [0.15, 0.2) is 53.4 Å². The van der Waals surface area contributed by atoms with Crippen molar-refractivity contribution in [2.45, 2.75) is 24.8 Å². The molecule has 0 aliphatic carbocycles. The van der Waals surface area contributed by atoms with E-state index in [4.69, 9.17) is 0 Å². The molecule has 0 saturated carbocycles. The predicted molar refractivity (Wildman–Crippen MR) is 93.6 cm³/mol. The number of sulfone groups is 1. The number of para-hydroxylation sites is 1. The van der Waals surface area contributed by atoms with Gasteiger partial charge >= 0.3 is 0 Å². The Bertz CT molecular complexity index is 754. The summed E-state index contributed by atoms with van der Waals surface area (Å²) in [4.78, 5) is 2.38. The number of aliphatic hydroxyl groups excluding tert-OH is 1. The molecule has 0 amide bonds. The number of anilines is 1. The second-order valence-electron chi connectivity index (χ2n) is 5.68. The zero-order valence-electron chi connectivity index (χ0n) is 13.7. The number of hydrogen-bond donors (Lipinski definition) is 1. The summed E-state index contributed by atoms with van der Waals surface area (Å²) >= 11 is 0. The van der Waals surface area contributed by atoms with Gasteiger partial charge in [-0.05, 0) is 43.2 Å². The van der Waals surface area contributed by atoms with E-state index in [1.807, 2.05) is 38.1 Å². The maximum atomic E-state index is 11.5. The summed E-state index contributed by atoms with van der Waals surface area (Å²) in [7, 11) is -3.21. The first kappa shape index (κ1) is 17.5. The molecule has 0 heterocycles. The van der Waals surface area contributed by atoms with Crippen LogP contribution in [-0.2, 0) is 9.84 Å². The maximum absolute atomic E-state index is 11.5. The molecule has 2 rings (SSSR count). The van der Waals surface area contributed by atoms with Crippen molar-refractivity contribution in [3.05, 3.63) is 59.7 Å². The molecule has 0 radical (unpaired) electrons. The Morgan fingerprint density at radius 3 is 2.22 bits per heavy atom. The second-order valence-corrected chi connectivity index (χ2v) is 7.70. The van der Waals surface area contributed by atoms with Gasteiger partial charge in [0.15, 0.2) is 9.84 Å². The van der Waals surface area contributed by atoms with Crippen LogP contribution in [0.3, 0.4) is 0 Å². The Kier molecular flexibility index (Phi) is 5.44. The quantitative estimate of drug-likeness (QED) is 0.883. The monoisotopic (exact) mass is 333 g/mol. The van der Waals surface area contributed by atoms with Gasteiger partial charge in [0, 0.05) is 25.0 Å². The molecule has 5 heteroatoms. The minimum absolute atomic E-state index is 0.264. The van der Waals surface area contributed by atoms with E-state index < -0.39 is 15.9 Å². The highest BCUT2D eigenvalue weighted by Gasteiger charge is 2.15. The third-order valence-electron chi connectivity index (χ3n) is 3.92. The van der Waals surface area contributed by atoms with Crippen LogP contribution in [0.25, 0.3) is 0 Å². The number of nitrogens with zero attached hydrogens (tertiary/aromatic N) is 1. The Hall–Kier alpha value is -1.85. The number of benzene rings is 2. The number of aliphatic hydroxyl groups is 1. The molecule has 0 spiro atoms. The number of hydrogen-bond acceptors (Lipinski definition) is 4. The summed E-state index contributed by atoms with van der Waals surface area (Å²) < 4.78 is 23.0. The van der Waals surface area contributed by atoms with Crippen LogP contribution in [0.1, 0.15) is 24.2 Å². The lowest BCUT2D eigenvalue weighted by atomic mass is 10.1. The van der Waals surface area contributed by atoms with Gasteiger partial charge in [0.25, 0.3) is 0 Å². The van der Waals surface area contributed by atoms with Crippen molar-refractivity contribution < 1.29 is 13.5 Å². The molecule has 0 aliphatic rings. The van der Waals surface area contributed by atoms with Crippen LogP contribution in [-0.4, -0.2) is 32.9 Å². The first-order valence-electron chi connectivity index (χ1n) is 7.61. The smallest absolute Gasteiger partial charge is 0.175 e. The van der Waals surface area contributed by atoms with E-state index in [9.17, 15) is 13.5 Å². The number of aryl methyl sites for hydroxylation is 1. The summed E-state index contributed by atoms with van der Waals surface area (Å²) in [5.74, 6) is 0. The Labute approximate surface area is 138 Å². The Morgan fingerprint density at radius 1 is 1.09 bits per heavy atom. The number of likely N-dealkylation sites (N-methyl/N-ethyl adjacent to an activating group) is 1. The van der Waals surface area contributed by atoms with Gasteiger partial charge in [0.2, 0.25) is 0 Å². The molecule has 2 aromatic rings. The molecule has 4 nitrogen and oxygen atoms in total. The fourth-order valence-corrected chi connectivity index (χ4v) is 3.20. The van der Waals surface area contributed by atoms with Crippen LogP contribution < -0.4 is 4.90 Å². The zero-order chi connectivity index (χ0) is 17.0. The predicted octanol–water partition coefficient (Wildman–Crippen LogP) is 2.96. The summed E-state index contributed by atoms with van der Waals surface area (Å²) in [6, 6.07) is 14.5. The second kappa shape index (κ2) is 7.15. The fourth-order valence-electron chi connectivity index (χ4n) is 2.57. The van der Waals surface area contributed by atoms with Crippen molar-refractivity contribution in [1.82, 2.24) is 0 Å². The SMILES string of the molecule is CCN(CC(O)c1ccc(S(C)(=O)=O)cc1)c1ccccc1C. The first-order chi connectivity index (χ1) is 10.8. The average Bonchev–Trinajstić information content (AvgIpc) is 2.52. The largest absolute Gasteiger partial charge is 0.387 e. The third kappa shape index (κ3) is 4.33. The normalized spacial score (nSPS) is 12.9. The van der Waals surface area contributed by atoms with E-state index >= 15 is 0 Å². The van der Waals surface area contributed by atoms with E-state index in [-0.39, 0.29) is 4.90 Å². The highest BCUT2D eigenvalue weighted by Crippen LogP contribution is 2.23. The van der Waals surface area contributed by atoms with Crippen molar-refractivity contribution in [2.75, 3.05) is 24.2 Å². The molecule has 2 aromatic carbocycles. The van der Waals surface area contributed by atoms with Gasteiger partial charge in [0.1, 0.15) is 0 Å². The summed E-state index contributed by atoms with van der Waals surface area (Å²) in [6.45, 7) is 5.33. The van der Waals surface area contributed by atoms with E-state index in [1.165, 1.54) is 18.4 Å². The van der Waals surface area contributed by atoms with Gasteiger partial charge in [-0.2, -0.15) is 0 Å². The molecule has 0 bridgehead atoms. The standard InChI is InChI=1S/C18H23NO3S/c1-4-19(17-8-6-5-7-14(17)2)13-18(20)15-9-11-16(12-10-15)23(3,21)22/h5-12,18,20H,4,13H2,1-3H3. The Morgan fingerprint density at radius 2 is 1.70 bits per heavy atom. The minimum Gasteiger partial charge on any atom is -0.387 e. The molecular formula is C18H23NO3S. The molecule has 0 aromatic heterocycles. The topological polar surface area (TPSA) is 57.6 Å². The van der Waals surface area contributed by atoms with Crippen molar-refractivity contribution in [3.8, 4) is 0 Å². The molecule has 0 aliphatic heterocycles. The van der Waals surface area contributed by atoms with Gasteiger partial charge in [-0.25, -0.2) is 8.42 Å². The molecular weight excluding hydrogens is 310 g/mol. The molecule has 1 unspecified atom stereocenters. The molecule has 1 N–H and O–H groups in total. The van der Waals surface area contributed by atoms with Gasteiger partial charge in [-0.15, -0.1) is 0 Å². The van der Waals surface area contributed by atoms with Crippen molar-refractivity contribution in [2.24, 2.45) is 0 Å². The number of rotatable bonds is 6. The van der Waals surface area contributed by atoms with E-state index in [0.29, 0.717) is 12.1 Å². The zero-order valence-corrected chi connectivity index (χ0v) is 14.5. The molecule has 1 atom stereocenters. The van der Waals surface area contributed by atoms with Gasteiger partial charge < -0.3 is 10.0 Å². The molecule has 23 heavy (non-hydrogen) atoms. The van der Waals surface area contributed by atoms with Crippen LogP contribution >= 0.6 is 0 Å². The van der Waals surface area contributed by atoms with Crippen molar-refractivity contribution in [1.29, 1.82) is 0 Å². The third-order valence-corrected chi connectivity index (χ3v) is 5.05. The van der Waals surface area contributed by atoms with Crippen LogP contribution in [0.4, 0.5) is 5.69 Å². The molecule has 0 saturated heterocycles. The highest BCUT2D eigenvalue weighted by molar-refractivity contribution is 7.90. The maximum Gasteiger partial charge on any atom is 0.175 e. The average molecular weight is 333 g/mol. The highest BCUT2D eigenvalue weighted by atomic mass is 32.2. The lowest BCUT2D eigenvalue weighted by molar-refractivity contribution is 0.183. The van der Waals surface area contributed by atoms with Gasteiger partial charge in [-0.3, -0.25) is 0 Å². The van der Waals surface area contributed by atoms with E-state index in [2.05, 4.69) is 4.90 Å². The minimum atomic E-state index is -3.21. The van der Waals surface area contributed by atoms with Gasteiger partial charge in [0.05, 0.1) is 11.0 Å². The van der Waals surface area contributed by atoms with Gasteiger partial charge in [-0.1, -0.05) is 30.3 Å². The molecule has 124 valence electrons. The summed E-state index contributed by atoms with van der Waals surface area (Å²) in [6.07, 6.45) is 0.498. The van der Waals surface area contributed by atoms with E-state index in [1.54, 1.807) is 12.1 Å². The van der Waals surface area contributed by atoms with Crippen LogP contribution in [0.5, 0.6) is 0 Å². The van der Waals surface area contributed by atoms with Crippen LogP contribution in [0, 0.1) is 6.92 Å². The first-order valence-corrected chi connectivity index (χ1v) is 9.50. The Balaban J connectivity index is 2.17. The lowest BCUT2D eigenvalue weighted by Gasteiger charge is -2.27. The lowest BCUT2D eigenvalue weighted by Crippen LogP contribution is -2.29. The summed E-state index contributed by atoms with van der Waals surface area (Å²) in [5, 5.41) is 10.5. The summed E-state index contributed by atoms with van der Waals surface area (Å²) in [5.41, 5.74) is 2.97. The fraction of sp³-hybridized carbons (Fsp3) is 0.333. The van der Waals surface area contributed by atoms with Crippen molar-refractivity contribution >= 4 is 15.5 Å². The van der Waals surface area contributed by atoms with Crippen molar-refractivity contribution in [3.63, 3.8) is 0 Å². The van der Waals surface area contributed by atoms with Crippen LogP contribution in [0.2, 0.25) is 0 Å². The molecule has 0 fully saturated rings. The van der Waals surface area contributed by atoms with E-state index in [0.717, 1.165) is 17.8 Å².